The fourth-order valence-electron chi connectivity index (χ4n) is 4.27. The number of fused-ring (bicyclic) bond motifs is 1. The van der Waals surface area contributed by atoms with Crippen LogP contribution in [0.3, 0.4) is 0 Å². The number of quaternary nitrogens is 1. The Hall–Kier alpha value is -4.87. The second-order valence-electron chi connectivity index (χ2n) is 12.4. The van der Waals surface area contributed by atoms with E-state index in [0.717, 1.165) is 11.0 Å². The first kappa shape index (κ1) is 42.3. The predicted octanol–water partition coefficient (Wildman–Crippen LogP) is -4.19. The van der Waals surface area contributed by atoms with E-state index in [1.165, 1.54) is 18.3 Å². The summed E-state index contributed by atoms with van der Waals surface area (Å²) in [6, 6.07) is 4.86. The van der Waals surface area contributed by atoms with Crippen molar-refractivity contribution in [3.8, 4) is 0 Å². The first-order valence-corrected chi connectivity index (χ1v) is 15.4. The topological polar surface area (TPSA) is 355 Å². The lowest BCUT2D eigenvalue weighted by atomic mass is 9.85. The van der Waals surface area contributed by atoms with Crippen molar-refractivity contribution in [1.82, 2.24) is 25.3 Å². The second-order valence-corrected chi connectivity index (χ2v) is 12.4. The van der Waals surface area contributed by atoms with Gasteiger partial charge < -0.3 is 71.8 Å². The van der Waals surface area contributed by atoms with E-state index >= 15 is 0 Å². The number of carboxylic acid groups (broad SMARTS) is 2. The third-order valence-electron chi connectivity index (χ3n) is 7.23. The van der Waals surface area contributed by atoms with E-state index in [1.54, 1.807) is 12.1 Å². The molecule has 0 spiro atoms. The van der Waals surface area contributed by atoms with Crippen LogP contribution in [0.5, 0.6) is 0 Å². The number of amides is 1. The summed E-state index contributed by atoms with van der Waals surface area (Å²) in [4.78, 5) is 60.5. The smallest absolute Gasteiger partial charge is 0.326 e. The highest BCUT2D eigenvalue weighted by Gasteiger charge is 2.47. The molecule has 0 bridgehead atoms. The molecule has 21 heteroatoms. The number of H-pyrrole nitrogens is 1. The summed E-state index contributed by atoms with van der Waals surface area (Å²) in [5.74, 6) is -3.16. The first-order chi connectivity index (χ1) is 23.7. The summed E-state index contributed by atoms with van der Waals surface area (Å²) in [7, 11) is 6.16. The van der Waals surface area contributed by atoms with Gasteiger partial charge in [-0.3, -0.25) is 14.4 Å². The third kappa shape index (κ3) is 13.1. The standard InChI is InChI=1S/C19H19N7O6.C6H12O6.C5H14NO/c20-19-25-15-14(17(30)26-19)23-11(8-22-15)7-21-10-3-1-9(2-4-10)16(29)24-12(18(31)32)5-6-13(27)28;7-1-2(8)4(10)6(12)5(11)3(1)9;1-6(2,3)4-5-7/h1-4,8,12,21H,5-7H2,(H,24,29)(H,27,28)(H,31,32)(H3,20,22,25,26,30);1-12H;7H,4-5H2,1-3H3/q;;+1/t12-;1-,2-,3-,4+,5-,6-;/m0../s1. The summed E-state index contributed by atoms with van der Waals surface area (Å²) in [5, 5.41) is 85.4. The van der Waals surface area contributed by atoms with Gasteiger partial charge in [0.1, 0.15) is 49.2 Å². The van der Waals surface area contributed by atoms with E-state index in [0.29, 0.717) is 11.4 Å². The van der Waals surface area contributed by atoms with Crippen molar-refractivity contribution < 1.29 is 64.8 Å². The molecule has 0 unspecified atom stereocenters. The zero-order valence-corrected chi connectivity index (χ0v) is 28.0. The fourth-order valence-corrected chi connectivity index (χ4v) is 4.27. The number of aliphatic hydroxyl groups is 7. The quantitative estimate of drug-likeness (QED) is 0.0833. The molecule has 282 valence electrons. The molecule has 1 aliphatic rings. The van der Waals surface area contributed by atoms with Crippen LogP contribution in [0.4, 0.5) is 11.6 Å². The van der Waals surface area contributed by atoms with E-state index in [-0.39, 0.29) is 48.7 Å². The number of aliphatic hydroxyl groups excluding tert-OH is 7. The van der Waals surface area contributed by atoms with Crippen molar-refractivity contribution in [1.29, 1.82) is 0 Å². The normalized spacial score (nSPS) is 22.0. The Morgan fingerprint density at radius 1 is 0.902 bits per heavy atom. The number of nitrogens with two attached hydrogens (primary N) is 1. The van der Waals surface area contributed by atoms with Gasteiger partial charge in [-0.2, -0.15) is 4.98 Å². The minimum atomic E-state index is -1.64. The van der Waals surface area contributed by atoms with Crippen LogP contribution in [0.15, 0.2) is 35.3 Å². The molecule has 0 saturated heterocycles. The SMILES string of the molecule is C[N+](C)(C)CCO.Nc1nc(=O)c2nc(CNc3ccc(C(=O)N[C@@H](CCC(=O)O)C(=O)O)cc3)cnc2[nH]1.O[C@H]1[C@H](O)[C@@H](O)[C@H](O)[C@@H](O)[C@H]1O. The van der Waals surface area contributed by atoms with E-state index in [9.17, 15) is 19.2 Å². The van der Waals surface area contributed by atoms with E-state index in [4.69, 9.17) is 51.7 Å². The van der Waals surface area contributed by atoms with Crippen molar-refractivity contribution in [3.63, 3.8) is 0 Å². The van der Waals surface area contributed by atoms with Crippen LogP contribution in [0.1, 0.15) is 28.9 Å². The molecular formula is C30H45N8O13+. The van der Waals surface area contributed by atoms with E-state index in [2.05, 4.69) is 51.7 Å². The van der Waals surface area contributed by atoms with Crippen LogP contribution in [0.2, 0.25) is 0 Å². The highest BCUT2D eigenvalue weighted by molar-refractivity contribution is 5.97. The zero-order valence-electron chi connectivity index (χ0n) is 28.0. The number of rotatable bonds is 11. The molecule has 21 nitrogen and oxygen atoms in total. The molecule has 0 aliphatic heterocycles. The molecule has 1 aliphatic carbocycles. The van der Waals surface area contributed by atoms with Gasteiger partial charge >= 0.3 is 17.5 Å². The first-order valence-electron chi connectivity index (χ1n) is 15.4. The van der Waals surface area contributed by atoms with Gasteiger partial charge in [0.15, 0.2) is 11.2 Å². The van der Waals surface area contributed by atoms with Gasteiger partial charge in [-0.1, -0.05) is 0 Å². The van der Waals surface area contributed by atoms with Crippen molar-refractivity contribution in [3.05, 3.63) is 52.1 Å². The molecule has 3 aromatic rings. The van der Waals surface area contributed by atoms with Crippen LogP contribution < -0.4 is 21.9 Å². The molecule has 1 saturated carbocycles. The van der Waals surface area contributed by atoms with Gasteiger partial charge in [0.2, 0.25) is 5.95 Å². The Morgan fingerprint density at radius 2 is 1.43 bits per heavy atom. The number of nitrogens with one attached hydrogen (secondary N) is 3. The Labute approximate surface area is 290 Å². The summed E-state index contributed by atoms with van der Waals surface area (Å²) < 4.78 is 0.844. The monoisotopic (exact) mass is 725 g/mol. The molecule has 1 aromatic carbocycles. The van der Waals surface area contributed by atoms with Crippen LogP contribution in [-0.2, 0) is 16.1 Å². The number of carbonyl (C=O) groups excluding carboxylic acids is 1. The molecule has 1 fully saturated rings. The predicted molar refractivity (Wildman–Crippen MR) is 178 cm³/mol. The average Bonchev–Trinajstić information content (AvgIpc) is 3.06. The van der Waals surface area contributed by atoms with Crippen molar-refractivity contribution in [2.24, 2.45) is 0 Å². The Morgan fingerprint density at radius 3 is 1.86 bits per heavy atom. The van der Waals surface area contributed by atoms with Crippen LogP contribution in [0, 0.1) is 0 Å². The Kier molecular flexibility index (Phi) is 15.7. The number of nitrogens with zero attached hydrogens (tertiary/aromatic N) is 4. The van der Waals surface area contributed by atoms with Crippen LogP contribution >= 0.6 is 0 Å². The maximum Gasteiger partial charge on any atom is 0.326 e. The van der Waals surface area contributed by atoms with Gasteiger partial charge in [0.05, 0.1) is 46.2 Å². The Bertz CT molecular complexity index is 1610. The Balaban J connectivity index is 0.000000387. The molecule has 0 radical (unpaired) electrons. The lowest BCUT2D eigenvalue weighted by molar-refractivity contribution is -0.870. The van der Waals surface area contributed by atoms with E-state index < -0.39 is 66.1 Å². The van der Waals surface area contributed by atoms with Crippen molar-refractivity contribution >= 4 is 40.6 Å². The summed E-state index contributed by atoms with van der Waals surface area (Å²) >= 11 is 0. The molecule has 1 amide bonds. The lowest BCUT2D eigenvalue weighted by Crippen LogP contribution is -2.63. The number of carboxylic acids is 2. The molecule has 2 aromatic heterocycles. The lowest BCUT2D eigenvalue weighted by Gasteiger charge is -2.39. The van der Waals surface area contributed by atoms with Crippen LogP contribution in [0.25, 0.3) is 11.2 Å². The highest BCUT2D eigenvalue weighted by atomic mass is 16.4. The van der Waals surface area contributed by atoms with Gasteiger partial charge in [0.25, 0.3) is 5.91 Å². The second kappa shape index (κ2) is 18.9. The van der Waals surface area contributed by atoms with Gasteiger partial charge in [-0.25, -0.2) is 14.8 Å². The molecule has 51 heavy (non-hydrogen) atoms. The minimum absolute atomic E-state index is 0.0524. The maximum absolute atomic E-state index is 12.3. The largest absolute Gasteiger partial charge is 0.481 e. The number of hydrogen-bond acceptors (Lipinski definition) is 16. The van der Waals surface area contributed by atoms with Gasteiger partial charge in [0, 0.05) is 17.7 Å². The number of aromatic nitrogens is 4. The fraction of sp³-hybridized carbons (Fsp3) is 0.500. The number of aliphatic carboxylic acids is 2. The third-order valence-corrected chi connectivity index (χ3v) is 7.23. The highest BCUT2D eigenvalue weighted by Crippen LogP contribution is 2.21. The van der Waals surface area contributed by atoms with Gasteiger partial charge in [-0.05, 0) is 30.7 Å². The van der Waals surface area contributed by atoms with Gasteiger partial charge in [-0.15, -0.1) is 0 Å². The van der Waals surface area contributed by atoms with E-state index in [1.807, 2.05) is 0 Å². The molecule has 1 atom stereocenters. The summed E-state index contributed by atoms with van der Waals surface area (Å²) in [6.07, 6.45) is -8.98. The van der Waals surface area contributed by atoms with Crippen molar-refractivity contribution in [2.45, 2.75) is 62.1 Å². The maximum atomic E-state index is 12.3. The average molecular weight is 726 g/mol. The number of nitrogen functional groups attached to an aromatic ring is 1. The number of anilines is 2. The molecule has 14 N–H and O–H groups in total. The number of likely N-dealkylation sites (N-methyl/N-ethyl adjacent to an activating group) is 1. The molecule has 4 rings (SSSR count). The minimum Gasteiger partial charge on any atom is -0.481 e. The zero-order chi connectivity index (χ0) is 38.6. The number of benzene rings is 1. The van der Waals surface area contributed by atoms with Crippen molar-refractivity contribution in [2.75, 3.05) is 45.3 Å². The molecular weight excluding hydrogens is 680 g/mol. The number of aromatic amines is 1. The summed E-state index contributed by atoms with van der Waals surface area (Å²) in [5.41, 5.74) is 6.47. The summed E-state index contributed by atoms with van der Waals surface area (Å²) in [6.45, 7) is 1.35. The number of hydrogen-bond donors (Lipinski definition) is 13. The number of carbonyl (C=O) groups is 3. The van der Waals surface area contributed by atoms with Crippen LogP contribution in [-0.4, -0.2) is 165 Å². The molecule has 2 heterocycles.